The number of halogens is 1. The molecule has 4 N–H and O–H groups in total. The molecular weight excluding hydrogens is 588 g/mol. The van der Waals surface area contributed by atoms with Crippen molar-refractivity contribution in [3.63, 3.8) is 0 Å². The van der Waals surface area contributed by atoms with Crippen molar-refractivity contribution in [1.82, 2.24) is 5.32 Å². The van der Waals surface area contributed by atoms with Crippen molar-refractivity contribution in [2.24, 2.45) is 10.8 Å². The first-order chi connectivity index (χ1) is 19.2. The number of nitrogens with two attached hydrogens (primary N) is 1. The van der Waals surface area contributed by atoms with Gasteiger partial charge in [-0.3, -0.25) is 9.59 Å². The van der Waals surface area contributed by atoms with Gasteiger partial charge in [-0.15, -0.1) is 0 Å². The van der Waals surface area contributed by atoms with E-state index >= 15 is 0 Å². The average molecular weight is 632 g/mol. The first-order valence-electron chi connectivity index (χ1n) is 13.3. The van der Waals surface area contributed by atoms with Crippen molar-refractivity contribution in [3.8, 4) is 0 Å². The molecular formula is C26H43BrN6O7. The largest absolute Gasteiger partial charge is 0.379 e. The summed E-state index contributed by atoms with van der Waals surface area (Å²) in [6.07, 6.45) is -0.462. The normalized spacial score (nSPS) is 12.4. The zero-order chi connectivity index (χ0) is 29.8. The van der Waals surface area contributed by atoms with Gasteiger partial charge in [-0.25, -0.2) is 0 Å². The van der Waals surface area contributed by atoms with E-state index in [1.54, 1.807) is 0 Å². The number of carbonyl (C=O) groups excluding carboxylic acids is 2. The van der Waals surface area contributed by atoms with Crippen LogP contribution >= 0.6 is 15.9 Å². The van der Waals surface area contributed by atoms with Gasteiger partial charge in [0.25, 0.3) is 0 Å². The van der Waals surface area contributed by atoms with E-state index in [0.717, 1.165) is 26.9 Å². The summed E-state index contributed by atoms with van der Waals surface area (Å²) in [5.74, 6) is -0.565. The number of benzene rings is 1. The van der Waals surface area contributed by atoms with Crippen LogP contribution in [0, 0.1) is 20.8 Å². The molecule has 1 aromatic carbocycles. The van der Waals surface area contributed by atoms with Gasteiger partial charge in [0.15, 0.2) is 6.23 Å². The molecule has 0 spiro atoms. The minimum atomic E-state index is -0.819. The zero-order valence-corrected chi connectivity index (χ0v) is 25.5. The Balaban J connectivity index is 2.17. The van der Waals surface area contributed by atoms with Crippen LogP contribution in [0.25, 0.3) is 10.4 Å². The fourth-order valence-electron chi connectivity index (χ4n) is 3.53. The van der Waals surface area contributed by atoms with Crippen molar-refractivity contribution < 1.29 is 33.3 Å². The second-order valence-corrected chi connectivity index (χ2v) is 9.63. The molecule has 1 aromatic rings. The molecule has 0 aliphatic carbocycles. The number of aryl methyl sites for hydroxylation is 2. The van der Waals surface area contributed by atoms with E-state index in [1.807, 2.05) is 33.8 Å². The molecule has 0 saturated carbocycles. The molecule has 40 heavy (non-hydrogen) atoms. The molecule has 0 fully saturated rings. The van der Waals surface area contributed by atoms with Crippen molar-refractivity contribution in [3.05, 3.63) is 37.7 Å². The number of ether oxygens (including phenoxy) is 5. The Hall–Kier alpha value is -2.29. The number of hydrogen-bond acceptors (Lipinski definition) is 9. The standard InChI is InChI=1S/C26H43BrN6O7/c1-5-36-10-11-38-12-13-39-17-23(32-33-29)40-15-14-37-9-8-30-26(35)21(28)6-7-22(34)31-25-19(3)16-18(2)24(27)20(25)4/h16,21,23H,5-15,17,28H2,1-4H3,(H,30,35)(H,31,34)/t21-,23?/m0/s1. The summed E-state index contributed by atoms with van der Waals surface area (Å²) in [5, 5.41) is 9.15. The minimum absolute atomic E-state index is 0.0899. The average Bonchev–Trinajstić information content (AvgIpc) is 2.93. The van der Waals surface area contributed by atoms with Gasteiger partial charge in [0.1, 0.15) is 0 Å². The Morgan fingerprint density at radius 2 is 1.68 bits per heavy atom. The maximum absolute atomic E-state index is 12.4. The molecule has 2 amide bonds. The molecule has 0 heterocycles. The highest BCUT2D eigenvalue weighted by Crippen LogP contribution is 2.30. The Morgan fingerprint density at radius 3 is 2.38 bits per heavy atom. The number of nitrogens with one attached hydrogen (secondary N) is 2. The predicted octanol–water partition coefficient (Wildman–Crippen LogP) is 3.28. The molecule has 0 saturated heterocycles. The summed E-state index contributed by atoms with van der Waals surface area (Å²) >= 11 is 3.54. The molecule has 0 aliphatic heterocycles. The van der Waals surface area contributed by atoms with Crippen LogP contribution in [0.2, 0.25) is 0 Å². The van der Waals surface area contributed by atoms with Crippen LogP contribution in [0.15, 0.2) is 15.7 Å². The van der Waals surface area contributed by atoms with Crippen LogP contribution in [-0.4, -0.2) is 90.1 Å². The number of anilines is 1. The molecule has 14 heteroatoms. The summed E-state index contributed by atoms with van der Waals surface area (Å²) in [6, 6.07) is 1.18. The molecule has 0 bridgehead atoms. The quantitative estimate of drug-likeness (QED) is 0.0755. The highest BCUT2D eigenvalue weighted by molar-refractivity contribution is 9.10. The lowest BCUT2D eigenvalue weighted by Gasteiger charge is -2.16. The van der Waals surface area contributed by atoms with Gasteiger partial charge in [-0.05, 0) is 56.3 Å². The van der Waals surface area contributed by atoms with Crippen molar-refractivity contribution >= 4 is 33.4 Å². The minimum Gasteiger partial charge on any atom is -0.379 e. The third-order valence-electron chi connectivity index (χ3n) is 5.63. The summed E-state index contributed by atoms with van der Waals surface area (Å²) in [6.45, 7) is 11.2. The van der Waals surface area contributed by atoms with Crippen molar-refractivity contribution in [1.29, 1.82) is 0 Å². The summed E-state index contributed by atoms with van der Waals surface area (Å²) in [7, 11) is 0. The molecule has 1 unspecified atom stereocenters. The molecule has 0 aromatic heterocycles. The maximum atomic E-state index is 12.4. The van der Waals surface area contributed by atoms with Crippen LogP contribution in [0.3, 0.4) is 0 Å². The van der Waals surface area contributed by atoms with E-state index in [-0.39, 0.29) is 57.6 Å². The lowest BCUT2D eigenvalue weighted by atomic mass is 10.0. The van der Waals surface area contributed by atoms with Crippen LogP contribution in [0.4, 0.5) is 5.69 Å². The third-order valence-corrected chi connectivity index (χ3v) is 6.85. The highest BCUT2D eigenvalue weighted by Gasteiger charge is 2.17. The monoisotopic (exact) mass is 630 g/mol. The first-order valence-corrected chi connectivity index (χ1v) is 14.1. The van der Waals surface area contributed by atoms with E-state index in [2.05, 4.69) is 36.6 Å². The molecule has 2 atom stereocenters. The summed E-state index contributed by atoms with van der Waals surface area (Å²) < 4.78 is 27.7. The third kappa shape index (κ3) is 14.9. The van der Waals surface area contributed by atoms with Gasteiger partial charge in [-0.1, -0.05) is 27.1 Å². The molecule has 226 valence electrons. The fourth-order valence-corrected chi connectivity index (χ4v) is 3.85. The zero-order valence-electron chi connectivity index (χ0n) is 23.9. The number of rotatable bonds is 22. The van der Waals surface area contributed by atoms with Crippen LogP contribution < -0.4 is 16.4 Å². The Labute approximate surface area is 244 Å². The smallest absolute Gasteiger partial charge is 0.237 e. The first kappa shape index (κ1) is 35.7. The molecule has 1 rings (SSSR count). The van der Waals surface area contributed by atoms with Gasteiger partial charge in [0.05, 0.1) is 58.9 Å². The van der Waals surface area contributed by atoms with Gasteiger partial charge >= 0.3 is 0 Å². The van der Waals surface area contributed by atoms with E-state index < -0.39 is 12.3 Å². The number of hydrogen-bond donors (Lipinski definition) is 3. The Morgan fingerprint density at radius 1 is 1.02 bits per heavy atom. The van der Waals surface area contributed by atoms with E-state index in [9.17, 15) is 9.59 Å². The highest BCUT2D eigenvalue weighted by atomic mass is 79.9. The van der Waals surface area contributed by atoms with Gasteiger partial charge < -0.3 is 40.1 Å². The van der Waals surface area contributed by atoms with Crippen LogP contribution in [0.5, 0.6) is 0 Å². The van der Waals surface area contributed by atoms with E-state index in [0.29, 0.717) is 33.0 Å². The van der Waals surface area contributed by atoms with Crippen LogP contribution in [-0.2, 0) is 33.3 Å². The SMILES string of the molecule is CCOCCOCCOCC(N=[N+]=[N-])OCCOCCNC(=O)[C@@H](N)CCC(=O)Nc1c(C)cc(C)c(Br)c1C. The number of amides is 2. The summed E-state index contributed by atoms with van der Waals surface area (Å²) in [4.78, 5) is 27.4. The van der Waals surface area contributed by atoms with Gasteiger partial charge in [0, 0.05) is 34.6 Å². The van der Waals surface area contributed by atoms with E-state index in [1.165, 1.54) is 0 Å². The van der Waals surface area contributed by atoms with Crippen LogP contribution in [0.1, 0.15) is 36.5 Å². The lowest BCUT2D eigenvalue weighted by molar-refractivity contribution is -0.123. The number of carbonyl (C=O) groups is 2. The molecule has 13 nitrogen and oxygen atoms in total. The van der Waals surface area contributed by atoms with Gasteiger partial charge in [0.2, 0.25) is 11.8 Å². The van der Waals surface area contributed by atoms with Crippen molar-refractivity contribution in [2.45, 2.75) is 52.8 Å². The predicted molar refractivity (Wildman–Crippen MR) is 155 cm³/mol. The second-order valence-electron chi connectivity index (χ2n) is 8.84. The maximum Gasteiger partial charge on any atom is 0.237 e. The molecule has 0 radical (unpaired) electrons. The fraction of sp³-hybridized carbons (Fsp3) is 0.692. The Kier molecular flexibility index (Phi) is 19.2. The lowest BCUT2D eigenvalue weighted by Crippen LogP contribution is -2.42. The summed E-state index contributed by atoms with van der Waals surface area (Å²) in [5.41, 5.74) is 18.4. The number of nitrogens with zero attached hydrogens (tertiary/aromatic N) is 3. The van der Waals surface area contributed by atoms with Crippen molar-refractivity contribution in [2.75, 3.05) is 71.3 Å². The number of azide groups is 1. The topological polar surface area (TPSA) is 179 Å². The molecule has 0 aliphatic rings. The Bertz CT molecular complexity index is 962. The van der Waals surface area contributed by atoms with Gasteiger partial charge in [-0.2, -0.15) is 0 Å². The second kappa shape index (κ2) is 21.5. The van der Waals surface area contributed by atoms with E-state index in [4.69, 9.17) is 34.9 Å².